The van der Waals surface area contributed by atoms with E-state index in [0.717, 1.165) is 17.4 Å². The van der Waals surface area contributed by atoms with Gasteiger partial charge >= 0.3 is 5.97 Å². The topological polar surface area (TPSA) is 38.3 Å². The smallest absolute Gasteiger partial charge is 0.309 e. The maximum atomic E-state index is 11.5. The molecule has 1 aromatic rings. The van der Waals surface area contributed by atoms with E-state index in [1.807, 2.05) is 30.0 Å². The molecule has 1 N–H and O–H groups in total. The summed E-state index contributed by atoms with van der Waals surface area (Å²) >= 11 is 1.98. The van der Waals surface area contributed by atoms with E-state index in [1.54, 1.807) is 0 Å². The van der Waals surface area contributed by atoms with E-state index >= 15 is 0 Å². The van der Waals surface area contributed by atoms with Gasteiger partial charge in [-0.05, 0) is 36.6 Å². The summed E-state index contributed by atoms with van der Waals surface area (Å²) in [4.78, 5) is 11.5. The van der Waals surface area contributed by atoms with Gasteiger partial charge in [0.2, 0.25) is 0 Å². The molecule has 2 atom stereocenters. The Kier molecular flexibility index (Phi) is 6.58. The minimum Gasteiger partial charge on any atom is -0.469 e. The Morgan fingerprint density at radius 1 is 1.33 bits per heavy atom. The summed E-state index contributed by atoms with van der Waals surface area (Å²) in [6.45, 7) is 0.832. The van der Waals surface area contributed by atoms with Crippen molar-refractivity contribution in [3.05, 3.63) is 35.4 Å². The Bertz CT molecular complexity index is 464. The number of thioether (sulfide) groups is 1. The molecule has 1 fully saturated rings. The molecule has 0 aromatic heterocycles. The summed E-state index contributed by atoms with van der Waals surface area (Å²) in [6, 6.07) is 8.72. The number of benzene rings is 1. The molecule has 1 aliphatic rings. The molecule has 0 saturated heterocycles. The van der Waals surface area contributed by atoms with Crippen molar-refractivity contribution in [2.24, 2.45) is 0 Å². The van der Waals surface area contributed by atoms with Gasteiger partial charge in [-0.2, -0.15) is 11.8 Å². The number of hydrogen-bond donors (Lipinski definition) is 1. The van der Waals surface area contributed by atoms with Gasteiger partial charge in [0.1, 0.15) is 0 Å². The Hall–Kier alpha value is -1.00. The first kappa shape index (κ1) is 16.4. The summed E-state index contributed by atoms with van der Waals surface area (Å²) in [5.74, 6) is -0.178. The van der Waals surface area contributed by atoms with E-state index in [0.29, 0.717) is 12.5 Å². The highest BCUT2D eigenvalue weighted by molar-refractivity contribution is 7.99. The van der Waals surface area contributed by atoms with Crippen molar-refractivity contribution in [2.75, 3.05) is 13.4 Å². The largest absolute Gasteiger partial charge is 0.469 e. The zero-order valence-corrected chi connectivity index (χ0v) is 13.7. The quantitative estimate of drug-likeness (QED) is 0.819. The van der Waals surface area contributed by atoms with Crippen LogP contribution in [0.25, 0.3) is 0 Å². The molecule has 0 heterocycles. The van der Waals surface area contributed by atoms with Crippen LogP contribution in [0.15, 0.2) is 24.3 Å². The Balaban J connectivity index is 1.92. The number of hydrogen-bond acceptors (Lipinski definition) is 4. The molecule has 1 aliphatic carbocycles. The Labute approximate surface area is 131 Å². The molecule has 2 rings (SSSR count). The third-order valence-electron chi connectivity index (χ3n) is 4.22. The van der Waals surface area contributed by atoms with Crippen molar-refractivity contribution in [3.8, 4) is 0 Å². The van der Waals surface area contributed by atoms with Crippen LogP contribution in [-0.2, 0) is 22.5 Å². The van der Waals surface area contributed by atoms with Crippen LogP contribution in [-0.4, -0.2) is 30.6 Å². The molecule has 116 valence electrons. The summed E-state index contributed by atoms with van der Waals surface area (Å²) in [7, 11) is 1.44. The lowest BCUT2D eigenvalue weighted by Gasteiger charge is -2.29. The standard InChI is InChI=1S/C17H25NO2S/c1-20-17(19)10-13-6-3-4-7-14(13)12-18-15-8-5-9-16(11-15)21-2/h3-4,6-7,15-16,18H,5,8-12H2,1-2H3. The van der Waals surface area contributed by atoms with Gasteiger partial charge in [0.15, 0.2) is 0 Å². The Morgan fingerprint density at radius 2 is 2.10 bits per heavy atom. The normalized spacial score (nSPS) is 22.0. The van der Waals surface area contributed by atoms with Crippen molar-refractivity contribution < 1.29 is 9.53 Å². The van der Waals surface area contributed by atoms with Crippen LogP contribution in [0, 0.1) is 0 Å². The van der Waals surface area contributed by atoms with Crippen LogP contribution < -0.4 is 5.32 Å². The first-order valence-corrected chi connectivity index (χ1v) is 8.91. The highest BCUT2D eigenvalue weighted by atomic mass is 32.2. The van der Waals surface area contributed by atoms with Crippen molar-refractivity contribution in [1.82, 2.24) is 5.32 Å². The van der Waals surface area contributed by atoms with Gasteiger partial charge in [0.25, 0.3) is 0 Å². The van der Waals surface area contributed by atoms with Gasteiger partial charge in [0.05, 0.1) is 13.5 Å². The van der Waals surface area contributed by atoms with Crippen LogP contribution in [0.5, 0.6) is 0 Å². The highest BCUT2D eigenvalue weighted by Gasteiger charge is 2.21. The molecule has 0 radical (unpaired) electrons. The van der Waals surface area contributed by atoms with Crippen molar-refractivity contribution in [1.29, 1.82) is 0 Å². The summed E-state index contributed by atoms with van der Waals surface area (Å²) in [5, 5.41) is 4.46. The molecule has 0 bridgehead atoms. The molecular weight excluding hydrogens is 282 g/mol. The van der Waals surface area contributed by atoms with E-state index in [4.69, 9.17) is 4.74 Å². The fraction of sp³-hybridized carbons (Fsp3) is 0.588. The zero-order valence-electron chi connectivity index (χ0n) is 12.9. The van der Waals surface area contributed by atoms with E-state index in [-0.39, 0.29) is 5.97 Å². The SMILES string of the molecule is COC(=O)Cc1ccccc1CNC1CCCC(SC)C1. The molecule has 3 nitrogen and oxygen atoms in total. The molecular formula is C17H25NO2S. The lowest BCUT2D eigenvalue weighted by atomic mass is 9.94. The fourth-order valence-electron chi connectivity index (χ4n) is 2.93. The van der Waals surface area contributed by atoms with Gasteiger partial charge in [-0.3, -0.25) is 4.79 Å². The van der Waals surface area contributed by atoms with Gasteiger partial charge in [0, 0.05) is 17.8 Å². The van der Waals surface area contributed by atoms with Crippen molar-refractivity contribution in [3.63, 3.8) is 0 Å². The molecule has 0 aliphatic heterocycles. The van der Waals surface area contributed by atoms with Gasteiger partial charge in [-0.1, -0.05) is 30.7 Å². The molecule has 2 unspecified atom stereocenters. The minimum absolute atomic E-state index is 0.178. The van der Waals surface area contributed by atoms with Crippen LogP contribution in [0.2, 0.25) is 0 Å². The van der Waals surface area contributed by atoms with Crippen LogP contribution in [0.1, 0.15) is 36.8 Å². The summed E-state index contributed by atoms with van der Waals surface area (Å²) in [6.07, 6.45) is 7.73. The number of methoxy groups -OCH3 is 1. The zero-order chi connectivity index (χ0) is 15.1. The first-order chi connectivity index (χ1) is 10.2. The number of carbonyl (C=O) groups is 1. The second kappa shape index (κ2) is 8.44. The molecule has 0 spiro atoms. The lowest BCUT2D eigenvalue weighted by Crippen LogP contribution is -2.34. The molecule has 1 saturated carbocycles. The second-order valence-electron chi connectivity index (χ2n) is 5.62. The van der Waals surface area contributed by atoms with Gasteiger partial charge in [-0.15, -0.1) is 0 Å². The molecule has 4 heteroatoms. The first-order valence-electron chi connectivity index (χ1n) is 7.62. The van der Waals surface area contributed by atoms with Crippen molar-refractivity contribution in [2.45, 2.75) is 49.9 Å². The average molecular weight is 307 g/mol. The van der Waals surface area contributed by atoms with Crippen LogP contribution in [0.4, 0.5) is 0 Å². The predicted molar refractivity (Wildman–Crippen MR) is 88.6 cm³/mol. The number of rotatable bonds is 6. The summed E-state index contributed by atoms with van der Waals surface area (Å²) < 4.78 is 4.77. The van der Waals surface area contributed by atoms with E-state index in [9.17, 15) is 4.79 Å². The maximum absolute atomic E-state index is 11.5. The average Bonchev–Trinajstić information content (AvgIpc) is 2.54. The molecule has 1 aromatic carbocycles. The number of esters is 1. The van der Waals surface area contributed by atoms with Crippen LogP contribution >= 0.6 is 11.8 Å². The highest BCUT2D eigenvalue weighted by Crippen LogP contribution is 2.27. The van der Waals surface area contributed by atoms with E-state index in [2.05, 4.69) is 17.6 Å². The number of carbonyl (C=O) groups excluding carboxylic acids is 1. The monoisotopic (exact) mass is 307 g/mol. The minimum atomic E-state index is -0.178. The maximum Gasteiger partial charge on any atom is 0.309 e. The molecule has 0 amide bonds. The summed E-state index contributed by atoms with van der Waals surface area (Å²) in [5.41, 5.74) is 2.27. The molecule has 21 heavy (non-hydrogen) atoms. The number of nitrogens with one attached hydrogen (secondary N) is 1. The number of ether oxygens (including phenoxy) is 1. The fourth-order valence-corrected chi connectivity index (χ4v) is 3.76. The van der Waals surface area contributed by atoms with E-state index < -0.39 is 0 Å². The van der Waals surface area contributed by atoms with Gasteiger partial charge in [-0.25, -0.2) is 0 Å². The second-order valence-corrected chi connectivity index (χ2v) is 6.76. The van der Waals surface area contributed by atoms with Crippen molar-refractivity contribution >= 4 is 17.7 Å². The third-order valence-corrected chi connectivity index (χ3v) is 5.32. The predicted octanol–water partition coefficient (Wildman–Crippen LogP) is 3.17. The Morgan fingerprint density at radius 3 is 2.81 bits per heavy atom. The van der Waals surface area contributed by atoms with E-state index in [1.165, 1.54) is 38.4 Å². The van der Waals surface area contributed by atoms with Crippen LogP contribution in [0.3, 0.4) is 0 Å². The lowest BCUT2D eigenvalue weighted by molar-refractivity contribution is -0.139. The van der Waals surface area contributed by atoms with Gasteiger partial charge < -0.3 is 10.1 Å². The third kappa shape index (κ3) is 5.04.